The number of carbonyl (C=O) groups excluding carboxylic acids is 1. The van der Waals surface area contributed by atoms with E-state index in [-0.39, 0.29) is 11.3 Å². The van der Waals surface area contributed by atoms with Gasteiger partial charge in [-0.25, -0.2) is 0 Å². The van der Waals surface area contributed by atoms with Crippen LogP contribution in [0.5, 0.6) is 0 Å². The van der Waals surface area contributed by atoms with E-state index in [1.807, 2.05) is 4.99 Å². The molecule has 0 saturated heterocycles. The fourth-order valence-electron chi connectivity index (χ4n) is 3.31. The maximum Gasteiger partial charge on any atom is 0.158 e. The lowest BCUT2D eigenvalue weighted by Crippen LogP contribution is -2.41. The van der Waals surface area contributed by atoms with Gasteiger partial charge in [0.2, 0.25) is 0 Å². The molecule has 0 bridgehead atoms. The van der Waals surface area contributed by atoms with Gasteiger partial charge >= 0.3 is 0 Å². The van der Waals surface area contributed by atoms with Crippen LogP contribution in [0, 0.1) is 23.2 Å². The zero-order valence-electron chi connectivity index (χ0n) is 10.2. The predicted octanol–water partition coefficient (Wildman–Crippen LogP) is 4.82. The molecular weight excluding hydrogens is 344 g/mol. The summed E-state index contributed by atoms with van der Waals surface area (Å²) in [5.41, 5.74) is 0.226. The first-order valence-electron chi connectivity index (χ1n) is 6.17. The van der Waals surface area contributed by atoms with Crippen LogP contribution in [0.2, 0.25) is 0 Å². The number of allylic oxidation sites excluding steroid dienone is 3. The quantitative estimate of drug-likeness (QED) is 0.654. The molecule has 94 valence electrons. The van der Waals surface area contributed by atoms with Crippen molar-refractivity contribution in [1.29, 1.82) is 0 Å². The summed E-state index contributed by atoms with van der Waals surface area (Å²) in [5, 5.41) is 0. The number of carbonyl (C=O) groups is 1. The third-order valence-electron chi connectivity index (χ3n) is 4.59. The smallest absolute Gasteiger partial charge is 0.158 e. The summed E-state index contributed by atoms with van der Waals surface area (Å²) in [6.07, 6.45) is 7.43. The van der Waals surface area contributed by atoms with E-state index >= 15 is 0 Å². The van der Waals surface area contributed by atoms with Crippen molar-refractivity contribution >= 4 is 37.6 Å². The van der Waals surface area contributed by atoms with Crippen LogP contribution < -0.4 is 0 Å². The van der Waals surface area contributed by atoms with Crippen LogP contribution in [0.1, 0.15) is 33.1 Å². The highest BCUT2D eigenvalue weighted by atomic mass is 79.9. The SMILES string of the molecule is C[C@H]1C(=O)C=C[C@]2(C)CC[C@@H](/C(Br)=C/Br)C[C@H]12. The second-order valence-corrected chi connectivity index (χ2v) is 6.98. The highest BCUT2D eigenvalue weighted by Crippen LogP contribution is 2.52. The van der Waals surface area contributed by atoms with E-state index in [0.29, 0.717) is 17.6 Å². The van der Waals surface area contributed by atoms with Crippen molar-refractivity contribution in [2.45, 2.75) is 33.1 Å². The topological polar surface area (TPSA) is 17.1 Å². The Kier molecular flexibility index (Phi) is 3.99. The van der Waals surface area contributed by atoms with E-state index in [1.54, 1.807) is 6.08 Å². The van der Waals surface area contributed by atoms with Gasteiger partial charge in [-0.2, -0.15) is 0 Å². The van der Waals surface area contributed by atoms with Gasteiger partial charge in [0.1, 0.15) is 0 Å². The Hall–Kier alpha value is 0.110. The van der Waals surface area contributed by atoms with Crippen LogP contribution in [-0.2, 0) is 4.79 Å². The highest BCUT2D eigenvalue weighted by molar-refractivity contribution is 9.14. The van der Waals surface area contributed by atoms with Gasteiger partial charge in [0, 0.05) is 10.4 Å². The Bertz CT molecular complexity index is 386. The molecule has 0 unspecified atom stereocenters. The van der Waals surface area contributed by atoms with Crippen molar-refractivity contribution in [3.8, 4) is 0 Å². The summed E-state index contributed by atoms with van der Waals surface area (Å²) < 4.78 is 1.23. The zero-order chi connectivity index (χ0) is 12.6. The molecule has 17 heavy (non-hydrogen) atoms. The number of ketones is 1. The number of rotatable bonds is 1. The Balaban J connectivity index is 2.24. The molecule has 0 aromatic heterocycles. The van der Waals surface area contributed by atoms with Gasteiger partial charge in [-0.3, -0.25) is 4.79 Å². The van der Waals surface area contributed by atoms with Gasteiger partial charge in [-0.1, -0.05) is 51.8 Å². The lowest BCUT2D eigenvalue weighted by molar-refractivity contribution is -0.122. The molecule has 0 heterocycles. The number of halogens is 2. The average Bonchev–Trinajstić information content (AvgIpc) is 2.33. The van der Waals surface area contributed by atoms with Crippen molar-refractivity contribution in [2.75, 3.05) is 0 Å². The summed E-state index contributed by atoms with van der Waals surface area (Å²) in [7, 11) is 0. The lowest BCUT2D eigenvalue weighted by Gasteiger charge is -2.47. The first-order valence-corrected chi connectivity index (χ1v) is 7.87. The number of hydrogen-bond donors (Lipinski definition) is 0. The number of fused-ring (bicyclic) bond motifs is 1. The molecule has 0 amide bonds. The molecule has 1 nitrogen and oxygen atoms in total. The van der Waals surface area contributed by atoms with Crippen LogP contribution >= 0.6 is 31.9 Å². The van der Waals surface area contributed by atoms with Crippen molar-refractivity contribution in [3.63, 3.8) is 0 Å². The van der Waals surface area contributed by atoms with Crippen molar-refractivity contribution in [1.82, 2.24) is 0 Å². The van der Waals surface area contributed by atoms with E-state index in [0.717, 1.165) is 6.42 Å². The summed E-state index contributed by atoms with van der Waals surface area (Å²) in [5.74, 6) is 1.52. The third-order valence-corrected chi connectivity index (χ3v) is 6.58. The standard InChI is InChI=1S/C14H18Br2O/c1-9-11-7-10(12(16)8-15)3-5-14(11,2)6-4-13(9)17/h4,6,8-11H,3,5,7H2,1-2H3/b12-8-/t9-,10-,11-,14+/m1/s1. The molecule has 3 heteroatoms. The highest BCUT2D eigenvalue weighted by Gasteiger charge is 2.45. The third kappa shape index (κ3) is 2.46. The molecular formula is C14H18Br2O. The molecule has 0 spiro atoms. The normalized spacial score (nSPS) is 42.5. The van der Waals surface area contributed by atoms with Gasteiger partial charge in [-0.05, 0) is 47.6 Å². The minimum absolute atomic E-state index is 0.170. The zero-order valence-corrected chi connectivity index (χ0v) is 13.4. The monoisotopic (exact) mass is 360 g/mol. The van der Waals surface area contributed by atoms with Gasteiger partial charge in [0.15, 0.2) is 5.78 Å². The Morgan fingerprint density at radius 3 is 2.94 bits per heavy atom. The Morgan fingerprint density at radius 1 is 1.59 bits per heavy atom. The fraction of sp³-hybridized carbons (Fsp3) is 0.643. The lowest BCUT2D eigenvalue weighted by atomic mass is 9.57. The second-order valence-electron chi connectivity index (χ2n) is 5.60. The van der Waals surface area contributed by atoms with Crippen LogP contribution in [0.4, 0.5) is 0 Å². The summed E-state index contributed by atoms with van der Waals surface area (Å²) in [6, 6.07) is 0. The molecule has 0 radical (unpaired) electrons. The second kappa shape index (κ2) is 5.00. The Morgan fingerprint density at radius 2 is 2.29 bits per heavy atom. The maximum absolute atomic E-state index is 11.8. The molecule has 4 atom stereocenters. The minimum Gasteiger partial charge on any atom is -0.295 e. The van der Waals surface area contributed by atoms with Gasteiger partial charge in [0.25, 0.3) is 0 Å². The van der Waals surface area contributed by atoms with E-state index in [4.69, 9.17) is 0 Å². The van der Waals surface area contributed by atoms with Crippen LogP contribution in [0.25, 0.3) is 0 Å². The molecule has 1 fully saturated rings. The fourth-order valence-corrected chi connectivity index (χ4v) is 4.10. The molecule has 0 aliphatic heterocycles. The molecule has 0 aromatic rings. The summed E-state index contributed by atoms with van der Waals surface area (Å²) >= 11 is 7.01. The predicted molar refractivity (Wildman–Crippen MR) is 78.2 cm³/mol. The van der Waals surface area contributed by atoms with Crippen LogP contribution in [0.3, 0.4) is 0 Å². The summed E-state index contributed by atoms with van der Waals surface area (Å²) in [4.78, 5) is 13.8. The van der Waals surface area contributed by atoms with Gasteiger partial charge in [-0.15, -0.1) is 0 Å². The molecule has 2 aliphatic carbocycles. The Labute approximate surface area is 120 Å². The molecule has 1 saturated carbocycles. The van der Waals surface area contributed by atoms with Crippen LogP contribution in [-0.4, -0.2) is 5.78 Å². The van der Waals surface area contributed by atoms with E-state index in [9.17, 15) is 4.79 Å². The first-order chi connectivity index (χ1) is 7.98. The molecule has 0 aromatic carbocycles. The van der Waals surface area contributed by atoms with Gasteiger partial charge < -0.3 is 0 Å². The van der Waals surface area contributed by atoms with Crippen molar-refractivity contribution in [2.24, 2.45) is 23.2 Å². The van der Waals surface area contributed by atoms with Gasteiger partial charge in [0.05, 0.1) is 0 Å². The molecule has 0 N–H and O–H groups in total. The molecule has 2 rings (SSSR count). The number of hydrogen-bond acceptors (Lipinski definition) is 1. The minimum atomic E-state index is 0.170. The summed E-state index contributed by atoms with van der Waals surface area (Å²) in [6.45, 7) is 4.39. The largest absolute Gasteiger partial charge is 0.295 e. The van der Waals surface area contributed by atoms with E-state index < -0.39 is 0 Å². The molecule has 2 aliphatic rings. The van der Waals surface area contributed by atoms with Crippen molar-refractivity contribution < 1.29 is 4.79 Å². The maximum atomic E-state index is 11.8. The first kappa shape index (κ1) is 13.5. The van der Waals surface area contributed by atoms with E-state index in [2.05, 4.69) is 51.8 Å². The van der Waals surface area contributed by atoms with Crippen molar-refractivity contribution in [3.05, 3.63) is 21.6 Å². The van der Waals surface area contributed by atoms with E-state index in [1.165, 1.54) is 17.3 Å². The van der Waals surface area contributed by atoms with Crippen LogP contribution in [0.15, 0.2) is 21.6 Å². The average molecular weight is 362 g/mol.